The maximum absolute atomic E-state index is 9.72. The fourth-order valence-corrected chi connectivity index (χ4v) is 2.89. The van der Waals surface area contributed by atoms with Gasteiger partial charge < -0.3 is 15.0 Å². The van der Waals surface area contributed by atoms with Gasteiger partial charge in [-0.25, -0.2) is 4.98 Å². The van der Waals surface area contributed by atoms with Gasteiger partial charge in [0.05, 0.1) is 5.60 Å². The summed E-state index contributed by atoms with van der Waals surface area (Å²) in [6, 6.07) is 0. The lowest BCUT2D eigenvalue weighted by Gasteiger charge is -2.18. The highest BCUT2D eigenvalue weighted by atomic mass is 16.3. The number of imidazole rings is 1. The molecule has 0 spiro atoms. The summed E-state index contributed by atoms with van der Waals surface area (Å²) in [6.45, 7) is 13.7. The Balaban J connectivity index is 2.04. The molecule has 0 aromatic carbocycles. The Kier molecular flexibility index (Phi) is 8.85. The van der Waals surface area contributed by atoms with Gasteiger partial charge in [-0.1, -0.05) is 33.6 Å². The number of aromatic nitrogens is 2. The summed E-state index contributed by atoms with van der Waals surface area (Å²) in [7, 11) is 0. The Morgan fingerprint density at radius 1 is 1.17 bits per heavy atom. The first-order valence-electron chi connectivity index (χ1n) is 9.23. The Morgan fingerprint density at radius 3 is 2.57 bits per heavy atom. The largest absolute Gasteiger partial charge is 0.390 e. The standard InChI is InChI=1S/C19H37N3O/c1-16(2)18-21-13-15-22(18)14-7-11-20-12-9-17(3)8-6-10-19(4,5)23/h13,15-17,20,23H,6-12,14H2,1-5H3/t17-/m0/s1. The minimum absolute atomic E-state index is 0.489. The summed E-state index contributed by atoms with van der Waals surface area (Å²) >= 11 is 0. The van der Waals surface area contributed by atoms with Crippen molar-refractivity contribution < 1.29 is 5.11 Å². The van der Waals surface area contributed by atoms with Crippen LogP contribution in [0.5, 0.6) is 0 Å². The smallest absolute Gasteiger partial charge is 0.111 e. The van der Waals surface area contributed by atoms with Crippen LogP contribution in [0.4, 0.5) is 0 Å². The second-order valence-corrected chi connectivity index (χ2v) is 7.84. The predicted molar refractivity (Wildman–Crippen MR) is 97.7 cm³/mol. The fourth-order valence-electron chi connectivity index (χ4n) is 2.89. The molecule has 0 saturated carbocycles. The quantitative estimate of drug-likeness (QED) is 0.573. The van der Waals surface area contributed by atoms with Gasteiger partial charge in [0, 0.05) is 24.9 Å². The number of hydrogen-bond donors (Lipinski definition) is 2. The van der Waals surface area contributed by atoms with Gasteiger partial charge in [0.25, 0.3) is 0 Å². The van der Waals surface area contributed by atoms with E-state index in [0.29, 0.717) is 5.92 Å². The van der Waals surface area contributed by atoms with E-state index in [1.54, 1.807) is 0 Å². The summed E-state index contributed by atoms with van der Waals surface area (Å²) in [5.74, 6) is 2.40. The van der Waals surface area contributed by atoms with Crippen molar-refractivity contribution in [2.75, 3.05) is 13.1 Å². The number of aliphatic hydroxyl groups is 1. The Hall–Kier alpha value is -0.870. The molecular weight excluding hydrogens is 286 g/mol. The van der Waals surface area contributed by atoms with Crippen LogP contribution in [-0.2, 0) is 6.54 Å². The number of nitrogens with zero attached hydrogens (tertiary/aromatic N) is 2. The van der Waals surface area contributed by atoms with Crippen molar-refractivity contribution in [1.82, 2.24) is 14.9 Å². The lowest BCUT2D eigenvalue weighted by atomic mass is 9.95. The van der Waals surface area contributed by atoms with E-state index in [1.807, 2.05) is 20.0 Å². The van der Waals surface area contributed by atoms with E-state index in [4.69, 9.17) is 0 Å². The molecule has 0 saturated heterocycles. The first kappa shape index (κ1) is 20.2. The normalized spacial score (nSPS) is 13.7. The molecule has 0 amide bonds. The lowest BCUT2D eigenvalue weighted by Crippen LogP contribution is -2.21. The summed E-state index contributed by atoms with van der Waals surface area (Å²) in [4.78, 5) is 4.42. The molecule has 0 bridgehead atoms. The monoisotopic (exact) mass is 323 g/mol. The zero-order valence-corrected chi connectivity index (χ0v) is 15.8. The number of rotatable bonds is 12. The highest BCUT2D eigenvalue weighted by Crippen LogP contribution is 2.17. The van der Waals surface area contributed by atoms with E-state index in [2.05, 4.69) is 41.8 Å². The number of hydrogen-bond acceptors (Lipinski definition) is 3. The third-order valence-electron chi connectivity index (χ3n) is 4.32. The number of aryl methyl sites for hydroxylation is 1. The van der Waals surface area contributed by atoms with E-state index < -0.39 is 5.60 Å². The van der Waals surface area contributed by atoms with Gasteiger partial charge in [0.15, 0.2) is 0 Å². The summed E-state index contributed by atoms with van der Waals surface area (Å²) in [5.41, 5.74) is -0.514. The van der Waals surface area contributed by atoms with Crippen molar-refractivity contribution in [3.63, 3.8) is 0 Å². The highest BCUT2D eigenvalue weighted by Gasteiger charge is 2.12. The van der Waals surface area contributed by atoms with Crippen LogP contribution < -0.4 is 5.32 Å². The second-order valence-electron chi connectivity index (χ2n) is 7.84. The zero-order valence-electron chi connectivity index (χ0n) is 15.8. The zero-order chi connectivity index (χ0) is 17.3. The van der Waals surface area contributed by atoms with Gasteiger partial charge in [-0.05, 0) is 52.1 Å². The maximum atomic E-state index is 9.72. The van der Waals surface area contributed by atoms with Crippen molar-refractivity contribution in [2.45, 2.75) is 84.8 Å². The van der Waals surface area contributed by atoms with Crippen LogP contribution in [-0.4, -0.2) is 33.3 Å². The molecule has 4 heteroatoms. The van der Waals surface area contributed by atoms with Gasteiger partial charge in [-0.3, -0.25) is 0 Å². The van der Waals surface area contributed by atoms with Crippen molar-refractivity contribution in [2.24, 2.45) is 5.92 Å². The molecule has 2 N–H and O–H groups in total. The average molecular weight is 324 g/mol. The third kappa shape index (κ3) is 9.11. The minimum Gasteiger partial charge on any atom is -0.390 e. The first-order valence-corrected chi connectivity index (χ1v) is 9.23. The third-order valence-corrected chi connectivity index (χ3v) is 4.32. The Morgan fingerprint density at radius 2 is 1.91 bits per heavy atom. The molecule has 1 heterocycles. The molecule has 0 aliphatic heterocycles. The van der Waals surface area contributed by atoms with Gasteiger partial charge in [0.1, 0.15) is 5.82 Å². The van der Waals surface area contributed by atoms with Crippen LogP contribution in [0, 0.1) is 5.92 Å². The molecule has 0 aliphatic carbocycles. The van der Waals surface area contributed by atoms with Gasteiger partial charge in [-0.15, -0.1) is 0 Å². The van der Waals surface area contributed by atoms with Crippen molar-refractivity contribution in [3.8, 4) is 0 Å². The second kappa shape index (κ2) is 10.1. The molecule has 1 rings (SSSR count). The molecular formula is C19H37N3O. The van der Waals surface area contributed by atoms with E-state index >= 15 is 0 Å². The molecule has 1 atom stereocenters. The van der Waals surface area contributed by atoms with Crippen LogP contribution in [0.1, 0.15) is 78.5 Å². The van der Waals surface area contributed by atoms with Gasteiger partial charge >= 0.3 is 0 Å². The molecule has 0 unspecified atom stereocenters. The Labute approximate surface area is 142 Å². The summed E-state index contributed by atoms with van der Waals surface area (Å²) < 4.78 is 2.27. The topological polar surface area (TPSA) is 50.1 Å². The van der Waals surface area contributed by atoms with Crippen LogP contribution in [0.2, 0.25) is 0 Å². The fraction of sp³-hybridized carbons (Fsp3) is 0.842. The van der Waals surface area contributed by atoms with Crippen molar-refractivity contribution >= 4 is 0 Å². The lowest BCUT2D eigenvalue weighted by molar-refractivity contribution is 0.0669. The van der Waals surface area contributed by atoms with Gasteiger partial charge in [0.2, 0.25) is 0 Å². The highest BCUT2D eigenvalue weighted by molar-refractivity contribution is 4.97. The number of nitrogens with one attached hydrogen (secondary N) is 1. The molecule has 23 heavy (non-hydrogen) atoms. The van der Waals surface area contributed by atoms with Crippen molar-refractivity contribution in [3.05, 3.63) is 18.2 Å². The van der Waals surface area contributed by atoms with Crippen molar-refractivity contribution in [1.29, 1.82) is 0 Å². The van der Waals surface area contributed by atoms with E-state index in [1.165, 1.54) is 18.7 Å². The first-order chi connectivity index (χ1) is 10.8. The SMILES string of the molecule is CC(C)c1nccn1CCCNCC[C@@H](C)CCCC(C)(C)O. The molecule has 0 aliphatic rings. The Bertz CT molecular complexity index is 420. The van der Waals surface area contributed by atoms with E-state index in [9.17, 15) is 5.11 Å². The van der Waals surface area contributed by atoms with E-state index in [0.717, 1.165) is 44.8 Å². The van der Waals surface area contributed by atoms with Crippen LogP contribution in [0.3, 0.4) is 0 Å². The maximum Gasteiger partial charge on any atom is 0.111 e. The molecule has 0 fully saturated rings. The van der Waals surface area contributed by atoms with E-state index in [-0.39, 0.29) is 0 Å². The minimum atomic E-state index is -0.514. The molecule has 4 nitrogen and oxygen atoms in total. The average Bonchev–Trinajstić information content (AvgIpc) is 2.89. The molecule has 1 aromatic heterocycles. The molecule has 1 aromatic rings. The van der Waals surface area contributed by atoms with Crippen LogP contribution in [0.15, 0.2) is 12.4 Å². The summed E-state index contributed by atoms with van der Waals surface area (Å²) in [5, 5.41) is 13.3. The van der Waals surface area contributed by atoms with Crippen LogP contribution >= 0.6 is 0 Å². The molecule has 134 valence electrons. The van der Waals surface area contributed by atoms with Gasteiger partial charge in [-0.2, -0.15) is 0 Å². The predicted octanol–water partition coefficient (Wildman–Crippen LogP) is 3.95. The molecule has 0 radical (unpaired) electrons. The van der Waals surface area contributed by atoms with Crippen LogP contribution in [0.25, 0.3) is 0 Å². The summed E-state index contributed by atoms with van der Waals surface area (Å²) in [6.07, 6.45) is 9.56.